The number of carboxylic acid groups (broad SMARTS) is 1. The Labute approximate surface area is 327 Å². The van der Waals surface area contributed by atoms with Crippen molar-refractivity contribution in [3.63, 3.8) is 0 Å². The Morgan fingerprint density at radius 3 is 2.40 bits per heavy atom. The van der Waals surface area contributed by atoms with Crippen LogP contribution in [0.25, 0.3) is 27.8 Å². The van der Waals surface area contributed by atoms with Gasteiger partial charge >= 0.3 is 12.1 Å². The third kappa shape index (κ3) is 6.62. The molecule has 1 saturated heterocycles. The minimum absolute atomic E-state index is 0.000987. The van der Waals surface area contributed by atoms with E-state index in [1.807, 2.05) is 28.8 Å². The highest BCUT2D eigenvalue weighted by Crippen LogP contribution is 2.56. The van der Waals surface area contributed by atoms with E-state index < -0.39 is 34.8 Å². The summed E-state index contributed by atoms with van der Waals surface area (Å²) in [6.07, 6.45) is 6.04. The van der Waals surface area contributed by atoms with Gasteiger partial charge in [-0.3, -0.25) is 4.79 Å². The molecular formula is C43H43F3N6O5. The van der Waals surface area contributed by atoms with Crippen LogP contribution in [0.3, 0.4) is 0 Å². The lowest BCUT2D eigenvalue weighted by Crippen LogP contribution is -2.66. The van der Waals surface area contributed by atoms with Crippen molar-refractivity contribution >= 4 is 28.7 Å². The summed E-state index contributed by atoms with van der Waals surface area (Å²) in [6, 6.07) is 17.1. The number of hydrogen-bond donors (Lipinski definition) is 2. The van der Waals surface area contributed by atoms with E-state index >= 15 is 0 Å². The van der Waals surface area contributed by atoms with Crippen LogP contribution >= 0.6 is 0 Å². The van der Waals surface area contributed by atoms with Crippen LogP contribution in [-0.4, -0.2) is 68.3 Å². The standard InChI is InChI=1S/C43H43F3N6O5/c1-56-37-6-3-2-5-35(37)52-24-33(31-10-9-30(23-36(31)52)57-29-13-17-51(18-14-29)41-47-15-4-16-48-41)34-12-11-32(38(49-34)43(44,45)46)39(53)50-42(40(54)55)27-8-7-25-19-26(21-27)22-28(42)20-25/h2-6,9-12,15-16,23-29H,7-8,13-14,17-22H2,1H3,(H,50,53)(H,54,55). The molecule has 2 N–H and O–H groups in total. The molecular weight excluding hydrogens is 738 g/mol. The quantitative estimate of drug-likeness (QED) is 0.153. The predicted octanol–water partition coefficient (Wildman–Crippen LogP) is 7.96. The summed E-state index contributed by atoms with van der Waals surface area (Å²) in [5, 5.41) is 14.0. The van der Waals surface area contributed by atoms with Crippen molar-refractivity contribution in [1.29, 1.82) is 0 Å². The van der Waals surface area contributed by atoms with Gasteiger partial charge in [-0.25, -0.2) is 19.7 Å². The summed E-state index contributed by atoms with van der Waals surface area (Å²) in [4.78, 5) is 42.0. The molecule has 5 aromatic rings. The number of carbonyl (C=O) groups is 2. The van der Waals surface area contributed by atoms with Gasteiger partial charge in [0.2, 0.25) is 5.95 Å². The molecule has 14 heteroatoms. The van der Waals surface area contributed by atoms with Gasteiger partial charge in [0.05, 0.1) is 29.6 Å². The van der Waals surface area contributed by atoms with E-state index in [1.54, 1.807) is 50.0 Å². The molecule has 296 valence electrons. The third-order valence-corrected chi connectivity index (χ3v) is 12.8. The average Bonchev–Trinajstić information content (AvgIpc) is 3.47. The van der Waals surface area contributed by atoms with Crippen molar-refractivity contribution in [3.8, 4) is 28.4 Å². The van der Waals surface area contributed by atoms with Gasteiger partial charge in [0.15, 0.2) is 5.69 Å². The molecule has 5 fully saturated rings. The number of aromatic nitrogens is 4. The molecule has 4 bridgehead atoms. The number of carboxylic acids is 1. The Morgan fingerprint density at radius 2 is 1.65 bits per heavy atom. The molecule has 0 spiro atoms. The van der Waals surface area contributed by atoms with Crippen LogP contribution in [0.1, 0.15) is 67.4 Å². The number of rotatable bonds is 9. The number of fused-ring (bicyclic) bond motifs is 2. The van der Waals surface area contributed by atoms with E-state index in [-0.39, 0.29) is 23.6 Å². The van der Waals surface area contributed by atoms with E-state index in [0.29, 0.717) is 77.1 Å². The highest BCUT2D eigenvalue weighted by molar-refractivity contribution is 6.01. The second-order valence-corrected chi connectivity index (χ2v) is 16.0. The smallest absolute Gasteiger partial charge is 0.434 e. The molecule has 57 heavy (non-hydrogen) atoms. The number of carbonyl (C=O) groups excluding carboxylic acids is 1. The number of piperidine rings is 1. The zero-order valence-corrected chi connectivity index (χ0v) is 31.4. The second-order valence-electron chi connectivity index (χ2n) is 16.0. The number of nitrogens with one attached hydrogen (secondary N) is 1. The SMILES string of the molecule is COc1ccccc1-n1cc(-c2ccc(C(=O)NC3(C(=O)O)C4CCC5CC(C4)CC3C5)c(C(F)(F)F)n2)c2ccc(OC3CCN(c4ncccn4)CC3)cc21. The largest absolute Gasteiger partial charge is 0.495 e. The van der Waals surface area contributed by atoms with Gasteiger partial charge in [0.1, 0.15) is 23.1 Å². The molecule has 0 radical (unpaired) electrons. The van der Waals surface area contributed by atoms with E-state index in [9.17, 15) is 27.9 Å². The van der Waals surface area contributed by atoms with Gasteiger partial charge in [0, 0.05) is 61.5 Å². The normalized spacial score (nSPS) is 24.7. The van der Waals surface area contributed by atoms with Gasteiger partial charge < -0.3 is 29.4 Å². The Kier molecular flexibility index (Phi) is 9.32. The highest BCUT2D eigenvalue weighted by Gasteiger charge is 2.60. The van der Waals surface area contributed by atoms with E-state index in [2.05, 4.69) is 25.2 Å². The predicted molar refractivity (Wildman–Crippen MR) is 205 cm³/mol. The molecule has 4 saturated carbocycles. The van der Waals surface area contributed by atoms with Crippen LogP contribution in [0.4, 0.5) is 19.1 Å². The van der Waals surface area contributed by atoms with Gasteiger partial charge in [-0.1, -0.05) is 18.6 Å². The first kappa shape index (κ1) is 36.9. The lowest BCUT2D eigenvalue weighted by atomic mass is 9.58. The van der Waals surface area contributed by atoms with Crippen molar-refractivity contribution in [3.05, 3.63) is 90.5 Å². The van der Waals surface area contributed by atoms with Crippen LogP contribution in [0.5, 0.6) is 11.5 Å². The lowest BCUT2D eigenvalue weighted by molar-refractivity contribution is -0.154. The summed E-state index contributed by atoms with van der Waals surface area (Å²) >= 11 is 0. The molecule has 5 unspecified atom stereocenters. The first-order valence-electron chi connectivity index (χ1n) is 19.6. The summed E-state index contributed by atoms with van der Waals surface area (Å²) in [5.41, 5.74) is -1.99. The fraction of sp³-hybridized carbons (Fsp3) is 0.419. The number of ether oxygens (including phenoxy) is 2. The van der Waals surface area contributed by atoms with Crippen LogP contribution in [0.2, 0.25) is 0 Å². The van der Waals surface area contributed by atoms with Crippen LogP contribution < -0.4 is 19.7 Å². The average molecular weight is 781 g/mol. The fourth-order valence-corrected chi connectivity index (χ4v) is 10.3. The number of nitrogens with zero attached hydrogens (tertiary/aromatic N) is 5. The number of benzene rings is 2. The molecule has 10 rings (SSSR count). The summed E-state index contributed by atoms with van der Waals surface area (Å²) < 4.78 is 58.9. The minimum atomic E-state index is -5.01. The number of pyridine rings is 1. The number of anilines is 1. The first-order valence-corrected chi connectivity index (χ1v) is 19.6. The number of alkyl halides is 3. The molecule has 5 aliphatic rings. The zero-order chi connectivity index (χ0) is 39.5. The zero-order valence-electron chi connectivity index (χ0n) is 31.4. The Hall–Kier alpha value is -5.66. The number of hydrogen-bond acceptors (Lipinski definition) is 8. The maximum Gasteiger partial charge on any atom is 0.434 e. The second kappa shape index (κ2) is 14.4. The third-order valence-electron chi connectivity index (χ3n) is 12.8. The molecule has 1 aliphatic heterocycles. The molecule has 11 nitrogen and oxygen atoms in total. The van der Waals surface area contributed by atoms with Crippen molar-refractivity contribution < 1.29 is 37.3 Å². The maximum absolute atomic E-state index is 15.0. The van der Waals surface area contributed by atoms with Crippen molar-refractivity contribution in [2.24, 2.45) is 23.7 Å². The monoisotopic (exact) mass is 780 g/mol. The molecule has 4 heterocycles. The number of halogens is 3. The Morgan fingerprint density at radius 1 is 0.895 bits per heavy atom. The highest BCUT2D eigenvalue weighted by atomic mass is 19.4. The summed E-state index contributed by atoms with van der Waals surface area (Å²) in [7, 11) is 1.55. The molecule has 1 amide bonds. The van der Waals surface area contributed by atoms with E-state index in [0.717, 1.165) is 44.8 Å². The van der Waals surface area contributed by atoms with Gasteiger partial charge in [-0.05, 0) is 98.2 Å². The topological polar surface area (TPSA) is 132 Å². The molecule has 2 aromatic carbocycles. The van der Waals surface area contributed by atoms with Crippen molar-refractivity contribution in [2.45, 2.75) is 69.2 Å². The van der Waals surface area contributed by atoms with Gasteiger partial charge in [-0.2, -0.15) is 13.2 Å². The van der Waals surface area contributed by atoms with Crippen molar-refractivity contribution in [2.75, 3.05) is 25.1 Å². The Bertz CT molecular complexity index is 2320. The van der Waals surface area contributed by atoms with Crippen LogP contribution in [-0.2, 0) is 11.0 Å². The van der Waals surface area contributed by atoms with Crippen LogP contribution in [0.15, 0.2) is 79.3 Å². The van der Waals surface area contributed by atoms with E-state index in [1.165, 1.54) is 6.07 Å². The number of methoxy groups -OCH3 is 1. The molecule has 3 aromatic heterocycles. The summed E-state index contributed by atoms with van der Waals surface area (Å²) in [5.74, 6) is -0.349. The molecule has 4 aliphatic carbocycles. The van der Waals surface area contributed by atoms with Crippen molar-refractivity contribution in [1.82, 2.24) is 24.8 Å². The molecule has 5 atom stereocenters. The fourth-order valence-electron chi connectivity index (χ4n) is 10.3. The van der Waals surface area contributed by atoms with Crippen LogP contribution in [0, 0.1) is 23.7 Å². The van der Waals surface area contributed by atoms with Gasteiger partial charge in [0.25, 0.3) is 5.91 Å². The Balaban J connectivity index is 1.06. The first-order chi connectivity index (χ1) is 27.5. The van der Waals surface area contributed by atoms with Gasteiger partial charge in [-0.15, -0.1) is 0 Å². The lowest BCUT2D eigenvalue weighted by Gasteiger charge is -2.50. The summed E-state index contributed by atoms with van der Waals surface area (Å²) in [6.45, 7) is 1.44. The number of para-hydroxylation sites is 2. The number of amides is 1. The minimum Gasteiger partial charge on any atom is -0.495 e. The number of aliphatic carboxylic acids is 1. The van der Waals surface area contributed by atoms with E-state index in [4.69, 9.17) is 9.47 Å². The maximum atomic E-state index is 15.0.